The van der Waals surface area contributed by atoms with E-state index in [2.05, 4.69) is 0 Å². The van der Waals surface area contributed by atoms with Gasteiger partial charge in [-0.1, -0.05) is 0 Å². The summed E-state index contributed by atoms with van der Waals surface area (Å²) in [5.74, 6) is -1.04. The molecule has 114 valence electrons. The number of carboxylic acid groups (broad SMARTS) is 1. The van der Waals surface area contributed by atoms with E-state index in [1.807, 2.05) is 0 Å². The second-order valence-corrected chi connectivity index (χ2v) is 6.13. The molecule has 1 unspecified atom stereocenters. The largest absolute Gasteiger partial charge is 0.480 e. The maximum atomic E-state index is 12.0. The lowest BCUT2D eigenvalue weighted by atomic mass is 10.2. The normalized spacial score (nSPS) is 29.4. The predicted molar refractivity (Wildman–Crippen MR) is 68.5 cm³/mol. The molecule has 7 heteroatoms. The standard InChI is InChI=1S/C13H21NO6/c1-13(2,3)20-12(17)14-5-8(4-10(14)11(15)16)18-6-9-7-19-9/h8-10H,4-7H2,1-3H3,(H,15,16)/t8-,9?,10-/m1/s1. The van der Waals surface area contributed by atoms with Crippen LogP contribution in [0.15, 0.2) is 0 Å². The summed E-state index contributed by atoms with van der Waals surface area (Å²) in [5.41, 5.74) is -0.652. The summed E-state index contributed by atoms with van der Waals surface area (Å²) < 4.78 is 15.8. The quantitative estimate of drug-likeness (QED) is 0.772. The first kappa shape index (κ1) is 15.1. The van der Waals surface area contributed by atoms with Crippen LogP contribution >= 0.6 is 0 Å². The Morgan fingerprint density at radius 3 is 2.55 bits per heavy atom. The first-order valence-electron chi connectivity index (χ1n) is 6.72. The Kier molecular flexibility index (Phi) is 4.19. The van der Waals surface area contributed by atoms with Crippen molar-refractivity contribution in [2.75, 3.05) is 19.8 Å². The Labute approximate surface area is 117 Å². The number of epoxide rings is 1. The van der Waals surface area contributed by atoms with Crippen LogP contribution in [0.4, 0.5) is 4.79 Å². The van der Waals surface area contributed by atoms with E-state index in [1.165, 1.54) is 4.90 Å². The molecule has 0 aromatic rings. The number of hydrogen-bond donors (Lipinski definition) is 1. The molecule has 0 radical (unpaired) electrons. The molecule has 0 aliphatic carbocycles. The number of hydrogen-bond acceptors (Lipinski definition) is 5. The van der Waals surface area contributed by atoms with Gasteiger partial charge >= 0.3 is 12.1 Å². The van der Waals surface area contributed by atoms with Crippen molar-refractivity contribution in [2.24, 2.45) is 0 Å². The number of carbonyl (C=O) groups excluding carboxylic acids is 1. The van der Waals surface area contributed by atoms with Gasteiger partial charge in [0.25, 0.3) is 0 Å². The maximum absolute atomic E-state index is 12.0. The van der Waals surface area contributed by atoms with Gasteiger partial charge in [0.2, 0.25) is 0 Å². The van der Waals surface area contributed by atoms with E-state index < -0.39 is 23.7 Å². The van der Waals surface area contributed by atoms with Crippen LogP contribution in [-0.4, -0.2) is 65.7 Å². The summed E-state index contributed by atoms with van der Waals surface area (Å²) in [4.78, 5) is 24.5. The lowest BCUT2D eigenvalue weighted by Crippen LogP contribution is -2.43. The summed E-state index contributed by atoms with van der Waals surface area (Å²) in [6, 6.07) is -0.894. The highest BCUT2D eigenvalue weighted by molar-refractivity contribution is 5.81. The summed E-state index contributed by atoms with van der Waals surface area (Å²) in [6.07, 6.45) is -0.498. The third-order valence-corrected chi connectivity index (χ3v) is 3.10. The van der Waals surface area contributed by atoms with Gasteiger partial charge in [0.15, 0.2) is 0 Å². The molecule has 3 atom stereocenters. The van der Waals surface area contributed by atoms with Crippen molar-refractivity contribution in [1.82, 2.24) is 4.90 Å². The molecule has 2 aliphatic rings. The van der Waals surface area contributed by atoms with Crippen LogP contribution in [0.1, 0.15) is 27.2 Å². The van der Waals surface area contributed by atoms with Crippen LogP contribution in [0.3, 0.4) is 0 Å². The Hall–Kier alpha value is -1.34. The second-order valence-electron chi connectivity index (χ2n) is 6.13. The van der Waals surface area contributed by atoms with E-state index >= 15 is 0 Å². The summed E-state index contributed by atoms with van der Waals surface area (Å²) >= 11 is 0. The molecule has 0 saturated carbocycles. The van der Waals surface area contributed by atoms with Crippen molar-refractivity contribution >= 4 is 12.1 Å². The Morgan fingerprint density at radius 2 is 2.05 bits per heavy atom. The number of nitrogens with zero attached hydrogens (tertiary/aromatic N) is 1. The molecular weight excluding hydrogens is 266 g/mol. The van der Waals surface area contributed by atoms with Crippen LogP contribution in [0.25, 0.3) is 0 Å². The van der Waals surface area contributed by atoms with Gasteiger partial charge in [-0.25, -0.2) is 9.59 Å². The van der Waals surface area contributed by atoms with Crippen molar-refractivity contribution < 1.29 is 28.9 Å². The van der Waals surface area contributed by atoms with Crippen molar-refractivity contribution in [3.63, 3.8) is 0 Å². The molecule has 0 aromatic carbocycles. The molecule has 0 aromatic heterocycles. The molecule has 2 fully saturated rings. The van der Waals surface area contributed by atoms with E-state index in [0.29, 0.717) is 13.2 Å². The van der Waals surface area contributed by atoms with Crippen LogP contribution in [0, 0.1) is 0 Å². The lowest BCUT2D eigenvalue weighted by molar-refractivity contribution is -0.142. The highest BCUT2D eigenvalue weighted by Crippen LogP contribution is 2.24. The number of ether oxygens (including phenoxy) is 3. The monoisotopic (exact) mass is 287 g/mol. The molecule has 0 bridgehead atoms. The first-order valence-corrected chi connectivity index (χ1v) is 6.72. The molecule has 2 aliphatic heterocycles. The Balaban J connectivity index is 1.93. The fourth-order valence-corrected chi connectivity index (χ4v) is 2.08. The summed E-state index contributed by atoms with van der Waals surface area (Å²) in [7, 11) is 0. The van der Waals surface area contributed by atoms with Gasteiger partial charge in [-0.3, -0.25) is 4.90 Å². The Morgan fingerprint density at radius 1 is 1.40 bits per heavy atom. The molecule has 20 heavy (non-hydrogen) atoms. The highest BCUT2D eigenvalue weighted by Gasteiger charge is 2.42. The minimum Gasteiger partial charge on any atom is -0.480 e. The molecule has 7 nitrogen and oxygen atoms in total. The first-order chi connectivity index (χ1) is 9.26. The number of rotatable bonds is 4. The zero-order valence-electron chi connectivity index (χ0n) is 12.0. The molecule has 1 N–H and O–H groups in total. The van der Waals surface area contributed by atoms with Gasteiger partial charge in [0.05, 0.1) is 25.9 Å². The average molecular weight is 287 g/mol. The molecule has 1 amide bonds. The number of likely N-dealkylation sites (tertiary alicyclic amines) is 1. The van der Waals surface area contributed by atoms with Gasteiger partial charge in [-0.2, -0.15) is 0 Å². The maximum Gasteiger partial charge on any atom is 0.411 e. The van der Waals surface area contributed by atoms with E-state index in [9.17, 15) is 14.7 Å². The number of carboxylic acids is 1. The van der Waals surface area contributed by atoms with Crippen LogP contribution in [-0.2, 0) is 19.0 Å². The van der Waals surface area contributed by atoms with E-state index in [1.54, 1.807) is 20.8 Å². The molecule has 0 spiro atoms. The summed E-state index contributed by atoms with van der Waals surface area (Å²) in [6.45, 7) is 6.60. The van der Waals surface area contributed by atoms with E-state index in [4.69, 9.17) is 14.2 Å². The van der Waals surface area contributed by atoms with Crippen molar-refractivity contribution in [1.29, 1.82) is 0 Å². The SMILES string of the molecule is CC(C)(C)OC(=O)N1C[C@H](OCC2CO2)C[C@@H]1C(=O)O. The van der Waals surface area contributed by atoms with Gasteiger partial charge in [0.1, 0.15) is 17.7 Å². The second kappa shape index (κ2) is 5.57. The summed E-state index contributed by atoms with van der Waals surface area (Å²) in [5, 5.41) is 9.21. The number of carbonyl (C=O) groups is 2. The Bertz CT molecular complexity index is 387. The van der Waals surface area contributed by atoms with Gasteiger partial charge in [0, 0.05) is 6.42 Å². The zero-order valence-corrected chi connectivity index (χ0v) is 12.0. The lowest BCUT2D eigenvalue weighted by Gasteiger charge is -2.26. The van der Waals surface area contributed by atoms with E-state index in [0.717, 1.165) is 0 Å². The van der Waals surface area contributed by atoms with Gasteiger partial charge < -0.3 is 19.3 Å². The van der Waals surface area contributed by atoms with Crippen molar-refractivity contribution in [3.05, 3.63) is 0 Å². The third kappa shape index (κ3) is 4.08. The molecule has 2 saturated heterocycles. The minimum atomic E-state index is -1.04. The smallest absolute Gasteiger partial charge is 0.411 e. The molecular formula is C13H21NO6. The van der Waals surface area contributed by atoms with Crippen LogP contribution in [0.5, 0.6) is 0 Å². The fourth-order valence-electron chi connectivity index (χ4n) is 2.08. The van der Waals surface area contributed by atoms with Crippen LogP contribution < -0.4 is 0 Å². The van der Waals surface area contributed by atoms with Gasteiger partial charge in [-0.05, 0) is 20.8 Å². The molecule has 2 heterocycles. The predicted octanol–water partition coefficient (Wildman–Crippen LogP) is 0.864. The number of amides is 1. The molecule has 2 rings (SSSR count). The fraction of sp³-hybridized carbons (Fsp3) is 0.846. The van der Waals surface area contributed by atoms with Gasteiger partial charge in [-0.15, -0.1) is 0 Å². The zero-order chi connectivity index (χ0) is 14.9. The van der Waals surface area contributed by atoms with Crippen LogP contribution in [0.2, 0.25) is 0 Å². The topological polar surface area (TPSA) is 88.6 Å². The highest BCUT2D eigenvalue weighted by atomic mass is 16.6. The van der Waals surface area contributed by atoms with E-state index in [-0.39, 0.29) is 25.2 Å². The minimum absolute atomic E-state index is 0.119. The average Bonchev–Trinajstić information content (AvgIpc) is 3.02. The number of aliphatic carboxylic acids is 1. The third-order valence-electron chi connectivity index (χ3n) is 3.10. The van der Waals surface area contributed by atoms with Crippen molar-refractivity contribution in [2.45, 2.75) is 51.0 Å². The van der Waals surface area contributed by atoms with Crippen molar-refractivity contribution in [3.8, 4) is 0 Å².